The van der Waals surface area contributed by atoms with Crippen LogP contribution in [0, 0.1) is 6.92 Å². The predicted molar refractivity (Wildman–Crippen MR) is 121 cm³/mol. The number of benzene rings is 2. The topological polar surface area (TPSA) is 55.6 Å². The maximum atomic E-state index is 4.57. The van der Waals surface area contributed by atoms with Crippen molar-refractivity contribution in [2.45, 2.75) is 19.8 Å². The molecule has 1 N–H and O–H groups in total. The Hall–Kier alpha value is -2.89. The van der Waals surface area contributed by atoms with Crippen LogP contribution in [0.4, 0.5) is 11.5 Å². The summed E-state index contributed by atoms with van der Waals surface area (Å²) in [6, 6.07) is 16.8. The van der Waals surface area contributed by atoms with Crippen molar-refractivity contribution in [3.05, 3.63) is 84.2 Å². The molecule has 0 spiro atoms. The number of aryl methyl sites for hydroxylation is 2. The van der Waals surface area contributed by atoms with Gasteiger partial charge in [0.1, 0.15) is 12.1 Å². The van der Waals surface area contributed by atoms with Crippen molar-refractivity contribution in [1.29, 1.82) is 0 Å². The van der Waals surface area contributed by atoms with Crippen LogP contribution >= 0.6 is 24.8 Å². The molecule has 0 aliphatic heterocycles. The van der Waals surface area contributed by atoms with Crippen LogP contribution in [0.25, 0.3) is 16.9 Å². The van der Waals surface area contributed by atoms with Crippen LogP contribution in [-0.2, 0) is 12.8 Å². The van der Waals surface area contributed by atoms with Gasteiger partial charge in [-0.3, -0.25) is 0 Å². The van der Waals surface area contributed by atoms with Gasteiger partial charge in [-0.1, -0.05) is 30.3 Å². The van der Waals surface area contributed by atoms with Crippen LogP contribution in [0.5, 0.6) is 0 Å². The van der Waals surface area contributed by atoms with E-state index in [2.05, 4.69) is 62.7 Å². The van der Waals surface area contributed by atoms with Crippen molar-refractivity contribution in [1.82, 2.24) is 19.5 Å². The zero-order chi connectivity index (χ0) is 18.2. The summed E-state index contributed by atoms with van der Waals surface area (Å²) in [5.74, 6) is 0.883. The van der Waals surface area contributed by atoms with Crippen molar-refractivity contribution in [3.8, 4) is 16.9 Å². The molecule has 1 aliphatic carbocycles. The smallest absolute Gasteiger partial charge is 0.137 e. The Bertz CT molecular complexity index is 1140. The number of aromatic nitrogens is 4. The highest BCUT2D eigenvalue weighted by atomic mass is 35.5. The normalized spacial score (nSPS) is 11.5. The van der Waals surface area contributed by atoms with E-state index in [0.717, 1.165) is 41.4 Å². The molecule has 0 bridgehead atoms. The number of hydrogen-bond donors (Lipinski definition) is 1. The van der Waals surface area contributed by atoms with Gasteiger partial charge >= 0.3 is 0 Å². The second-order valence-electron chi connectivity index (χ2n) is 6.80. The standard InChI is InChI=1S/C22H19N5.2ClH/c1-15-12-27(14-25-15)18-7-4-6-17(11-18)26-22-20-10-9-16-5-2-3-8-19(16)21(20)23-13-24-22;;/h2-8,11-14H,9-10H2,1H3,(H,23,24,26);2*1H. The van der Waals surface area contributed by atoms with Gasteiger partial charge in [-0.25, -0.2) is 15.0 Å². The third-order valence-electron chi connectivity index (χ3n) is 4.98. The Balaban J connectivity index is 0.00000120. The lowest BCUT2D eigenvalue weighted by atomic mass is 9.89. The molecule has 148 valence electrons. The molecule has 0 radical (unpaired) electrons. The lowest BCUT2D eigenvalue weighted by Gasteiger charge is -2.21. The number of hydrogen-bond acceptors (Lipinski definition) is 4. The van der Waals surface area contributed by atoms with Gasteiger partial charge in [-0.15, -0.1) is 24.8 Å². The van der Waals surface area contributed by atoms with Gasteiger partial charge < -0.3 is 9.88 Å². The highest BCUT2D eigenvalue weighted by Gasteiger charge is 2.20. The van der Waals surface area contributed by atoms with E-state index in [4.69, 9.17) is 0 Å². The quantitative estimate of drug-likeness (QED) is 0.482. The Labute approximate surface area is 182 Å². The largest absolute Gasteiger partial charge is 0.340 e. The molecule has 1 aliphatic rings. The van der Waals surface area contributed by atoms with Crippen LogP contribution in [-0.4, -0.2) is 19.5 Å². The number of nitrogens with one attached hydrogen (secondary N) is 1. The molecule has 0 unspecified atom stereocenters. The molecule has 0 saturated carbocycles. The lowest BCUT2D eigenvalue weighted by Crippen LogP contribution is -2.10. The molecule has 2 aromatic carbocycles. The van der Waals surface area contributed by atoms with E-state index in [9.17, 15) is 0 Å². The van der Waals surface area contributed by atoms with Gasteiger partial charge in [-0.2, -0.15) is 0 Å². The number of halogens is 2. The van der Waals surface area contributed by atoms with E-state index in [0.29, 0.717) is 0 Å². The van der Waals surface area contributed by atoms with Gasteiger partial charge in [0.2, 0.25) is 0 Å². The maximum absolute atomic E-state index is 4.57. The van der Waals surface area contributed by atoms with Gasteiger partial charge in [-0.05, 0) is 43.5 Å². The zero-order valence-corrected chi connectivity index (χ0v) is 17.5. The molecular formula is C22H21Cl2N5. The first-order valence-corrected chi connectivity index (χ1v) is 9.08. The fourth-order valence-electron chi connectivity index (χ4n) is 3.66. The molecule has 0 atom stereocenters. The van der Waals surface area contributed by atoms with Crippen molar-refractivity contribution in [3.63, 3.8) is 0 Å². The Morgan fingerprint density at radius 3 is 2.62 bits per heavy atom. The van der Waals surface area contributed by atoms with Crippen molar-refractivity contribution in [2.75, 3.05) is 5.32 Å². The lowest BCUT2D eigenvalue weighted by molar-refractivity contribution is 0.914. The molecule has 4 aromatic rings. The summed E-state index contributed by atoms with van der Waals surface area (Å²) >= 11 is 0. The highest BCUT2D eigenvalue weighted by Crippen LogP contribution is 2.35. The summed E-state index contributed by atoms with van der Waals surface area (Å²) in [5.41, 5.74) is 7.85. The minimum Gasteiger partial charge on any atom is -0.340 e. The first-order chi connectivity index (χ1) is 13.3. The number of anilines is 2. The molecule has 0 saturated heterocycles. The van der Waals surface area contributed by atoms with Crippen LogP contribution < -0.4 is 5.32 Å². The van der Waals surface area contributed by atoms with E-state index in [1.807, 2.05) is 30.1 Å². The summed E-state index contributed by atoms with van der Waals surface area (Å²) in [5, 5.41) is 3.49. The van der Waals surface area contributed by atoms with Crippen LogP contribution in [0.2, 0.25) is 0 Å². The third kappa shape index (κ3) is 3.97. The average molecular weight is 426 g/mol. The van der Waals surface area contributed by atoms with E-state index in [1.54, 1.807) is 6.33 Å². The average Bonchev–Trinajstić information content (AvgIpc) is 3.15. The minimum absolute atomic E-state index is 0. The summed E-state index contributed by atoms with van der Waals surface area (Å²) in [7, 11) is 0. The van der Waals surface area contributed by atoms with E-state index >= 15 is 0 Å². The number of nitrogens with zero attached hydrogens (tertiary/aromatic N) is 4. The van der Waals surface area contributed by atoms with Crippen LogP contribution in [0.3, 0.4) is 0 Å². The van der Waals surface area contributed by atoms with Gasteiger partial charge in [0.05, 0.1) is 17.7 Å². The van der Waals surface area contributed by atoms with Crippen molar-refractivity contribution in [2.24, 2.45) is 0 Å². The van der Waals surface area contributed by atoms with E-state index in [1.165, 1.54) is 16.7 Å². The van der Waals surface area contributed by atoms with Gasteiger partial charge in [0.25, 0.3) is 0 Å². The fraction of sp³-hybridized carbons (Fsp3) is 0.136. The maximum Gasteiger partial charge on any atom is 0.137 e. The molecule has 2 aromatic heterocycles. The number of imidazole rings is 1. The molecule has 5 nitrogen and oxygen atoms in total. The van der Waals surface area contributed by atoms with Crippen molar-refractivity contribution >= 4 is 36.3 Å². The Morgan fingerprint density at radius 2 is 1.79 bits per heavy atom. The zero-order valence-electron chi connectivity index (χ0n) is 15.9. The molecule has 5 rings (SSSR count). The van der Waals surface area contributed by atoms with E-state index < -0.39 is 0 Å². The van der Waals surface area contributed by atoms with Crippen LogP contribution in [0.15, 0.2) is 67.4 Å². The first-order valence-electron chi connectivity index (χ1n) is 9.08. The minimum atomic E-state index is 0. The molecule has 2 heterocycles. The molecule has 7 heteroatoms. The first kappa shape index (κ1) is 20.8. The Kier molecular flexibility index (Phi) is 6.20. The Morgan fingerprint density at radius 1 is 0.931 bits per heavy atom. The molecular weight excluding hydrogens is 405 g/mol. The summed E-state index contributed by atoms with van der Waals surface area (Å²) in [4.78, 5) is 13.4. The monoisotopic (exact) mass is 425 g/mol. The summed E-state index contributed by atoms with van der Waals surface area (Å²) in [6.45, 7) is 1.99. The van der Waals surface area contributed by atoms with E-state index in [-0.39, 0.29) is 24.8 Å². The second kappa shape index (κ2) is 8.64. The third-order valence-corrected chi connectivity index (χ3v) is 4.98. The predicted octanol–water partition coefficient (Wildman–Crippen LogP) is 5.32. The fourth-order valence-corrected chi connectivity index (χ4v) is 3.66. The van der Waals surface area contributed by atoms with Crippen molar-refractivity contribution < 1.29 is 0 Å². The van der Waals surface area contributed by atoms with Gasteiger partial charge in [0.15, 0.2) is 0 Å². The number of rotatable bonds is 3. The summed E-state index contributed by atoms with van der Waals surface area (Å²) < 4.78 is 2.02. The molecule has 29 heavy (non-hydrogen) atoms. The SMILES string of the molecule is Cc1cn(-c2cccc(Nc3ncnc4c3CCc3ccccc3-4)c2)cn1.Cl.Cl. The second-order valence-corrected chi connectivity index (χ2v) is 6.80. The van der Waals surface area contributed by atoms with Gasteiger partial charge in [0, 0.05) is 28.7 Å². The summed E-state index contributed by atoms with van der Waals surface area (Å²) in [6.07, 6.45) is 7.45. The highest BCUT2D eigenvalue weighted by molar-refractivity contribution is 5.85. The molecule has 0 amide bonds. The molecule has 0 fully saturated rings. The van der Waals surface area contributed by atoms with Crippen LogP contribution in [0.1, 0.15) is 16.8 Å². The number of fused-ring (bicyclic) bond motifs is 3.